The van der Waals surface area contributed by atoms with Gasteiger partial charge in [-0.15, -0.1) is 0 Å². The highest BCUT2D eigenvalue weighted by atomic mass is 16.5. The molecule has 0 amide bonds. The van der Waals surface area contributed by atoms with Gasteiger partial charge in [0.15, 0.2) is 0 Å². The van der Waals surface area contributed by atoms with E-state index in [1.165, 1.54) is 24.8 Å². The quantitative estimate of drug-likeness (QED) is 0.295. The molecule has 0 aromatic carbocycles. The Balaban J connectivity index is 2.82. The number of nitrogens with zero attached hydrogens (tertiary/aromatic N) is 2. The van der Waals surface area contributed by atoms with E-state index in [1.807, 2.05) is 0 Å². The number of hydroxylamine groups is 1. The van der Waals surface area contributed by atoms with Crippen molar-refractivity contribution >= 4 is 12.4 Å². The summed E-state index contributed by atoms with van der Waals surface area (Å²) >= 11 is 0. The zero-order valence-corrected chi connectivity index (χ0v) is 3.61. The zero-order valence-electron chi connectivity index (χ0n) is 3.61. The molecule has 0 spiro atoms. The van der Waals surface area contributed by atoms with Crippen LogP contribution >= 0.6 is 0 Å². The third kappa shape index (κ3) is 0.855. The van der Waals surface area contributed by atoms with Crippen molar-refractivity contribution in [3.63, 3.8) is 0 Å². The van der Waals surface area contributed by atoms with Crippen molar-refractivity contribution in [1.29, 1.82) is 0 Å². The van der Waals surface area contributed by atoms with Gasteiger partial charge in [-0.1, -0.05) is 0 Å². The van der Waals surface area contributed by atoms with Gasteiger partial charge in [0.05, 0.1) is 4.99 Å². The zero-order chi connectivity index (χ0) is 5.11. The molecule has 0 fully saturated rings. The van der Waals surface area contributed by atoms with Crippen molar-refractivity contribution in [1.82, 2.24) is 4.99 Å². The Morgan fingerprint density at radius 1 is 1.57 bits per heavy atom. The molecule has 3 nitrogen and oxygen atoms in total. The van der Waals surface area contributed by atoms with Crippen molar-refractivity contribution in [3.05, 3.63) is 17.6 Å². The van der Waals surface area contributed by atoms with E-state index in [0.29, 0.717) is 4.74 Å². The average Bonchev–Trinajstić information content (AvgIpc) is 1.69. The summed E-state index contributed by atoms with van der Waals surface area (Å²) in [4.78, 5) is 3.62. The van der Waals surface area contributed by atoms with Crippen LogP contribution in [0.2, 0.25) is 0 Å². The lowest BCUT2D eigenvalue weighted by atomic mass is 10.7. The van der Waals surface area contributed by atoms with E-state index in [0.717, 1.165) is 0 Å². The maximum atomic E-state index is 10.1. The predicted molar refractivity (Wildman–Crippen MR) is 27.0 cm³/mol. The number of hydrogen-bond acceptors (Lipinski definition) is 2. The van der Waals surface area contributed by atoms with E-state index in [4.69, 9.17) is 0 Å². The van der Waals surface area contributed by atoms with Gasteiger partial charge in [0.2, 0.25) is 0 Å². The highest BCUT2D eigenvalue weighted by Crippen LogP contribution is 1.71. The molecule has 1 rings (SSSR count). The van der Waals surface area contributed by atoms with Crippen LogP contribution in [0.15, 0.2) is 12.4 Å². The molecular weight excluding hydrogens is 92.1 g/mol. The first-order valence-electron chi connectivity index (χ1n) is 1.88. The lowest BCUT2D eigenvalue weighted by Gasteiger charge is -1.87. The van der Waals surface area contributed by atoms with Crippen molar-refractivity contribution in [2.75, 3.05) is 0 Å². The summed E-state index contributed by atoms with van der Waals surface area (Å²) in [6.45, 7) is 0. The average molecular weight is 96.1 g/mol. The van der Waals surface area contributed by atoms with Crippen LogP contribution in [-0.4, -0.2) is 17.2 Å². The van der Waals surface area contributed by atoms with Crippen LogP contribution in [0.5, 0.6) is 0 Å². The summed E-state index contributed by atoms with van der Waals surface area (Å²) in [5, 5.41) is 10.1. The second-order valence-electron chi connectivity index (χ2n) is 1.11. The van der Waals surface area contributed by atoms with E-state index >= 15 is 0 Å². The number of aliphatic imine (C=N–C) groups is 1. The third-order valence-corrected chi connectivity index (χ3v) is 0.599. The summed E-state index contributed by atoms with van der Waals surface area (Å²) in [7, 11) is 0. The standard InChI is InChI=1S/C4H4N2O/c7-6-3-1-5-2-4-6/h1-4H/q+1. The normalized spacial score (nSPS) is 16.9. The molecular formula is C4H4N2O+. The van der Waals surface area contributed by atoms with Gasteiger partial charge in [-0.05, 0) is 0 Å². The minimum absolute atomic E-state index is 0.688. The molecule has 7 heavy (non-hydrogen) atoms. The number of hydrogen-bond donors (Lipinski definition) is 0. The molecule has 1 radical (unpaired) electrons. The molecule has 35 valence electrons. The lowest BCUT2D eigenvalue weighted by molar-refractivity contribution is -0.371. The molecule has 0 aliphatic carbocycles. The van der Waals surface area contributed by atoms with Gasteiger partial charge in [0.25, 0.3) is 12.4 Å². The third-order valence-electron chi connectivity index (χ3n) is 0.599. The highest BCUT2D eigenvalue weighted by Gasteiger charge is 1.95. The molecule has 0 bridgehead atoms. The van der Waals surface area contributed by atoms with E-state index in [1.54, 1.807) is 0 Å². The van der Waals surface area contributed by atoms with E-state index < -0.39 is 0 Å². The molecule has 1 aliphatic rings. The summed E-state index contributed by atoms with van der Waals surface area (Å²) in [5.41, 5.74) is 0. The van der Waals surface area contributed by atoms with Gasteiger partial charge in [0.1, 0.15) is 0 Å². The van der Waals surface area contributed by atoms with E-state index in [2.05, 4.69) is 4.99 Å². The topological polar surface area (TPSA) is 40.2 Å². The number of rotatable bonds is 0. The SMILES string of the molecule is [O-][N+]1=CC=[N+]C=C1. The van der Waals surface area contributed by atoms with Crippen LogP contribution in [0, 0.1) is 5.21 Å². The van der Waals surface area contributed by atoms with Crippen LogP contribution in [0.4, 0.5) is 0 Å². The maximum absolute atomic E-state index is 10.1. The van der Waals surface area contributed by atoms with Crippen LogP contribution in [0.3, 0.4) is 0 Å². The van der Waals surface area contributed by atoms with Gasteiger partial charge in [-0.2, -0.15) is 4.74 Å². The fraction of sp³-hybridized carbons (Fsp3) is 0. The highest BCUT2D eigenvalue weighted by molar-refractivity contribution is 6.13. The predicted octanol–water partition coefficient (Wildman–Crippen LogP) is -0.541. The minimum Gasteiger partial charge on any atom is -0.618 e. The molecule has 3 heteroatoms. The van der Waals surface area contributed by atoms with Crippen LogP contribution in [0.1, 0.15) is 0 Å². The first kappa shape index (κ1) is 4.05. The molecule has 0 N–H and O–H groups in total. The molecule has 1 aliphatic heterocycles. The lowest BCUT2D eigenvalue weighted by Crippen LogP contribution is -2.03. The summed E-state index contributed by atoms with van der Waals surface area (Å²) in [6.07, 6.45) is 5.54. The van der Waals surface area contributed by atoms with Gasteiger partial charge in [0, 0.05) is 0 Å². The maximum Gasteiger partial charge on any atom is 0.306 e. The van der Waals surface area contributed by atoms with Crippen molar-refractivity contribution in [2.24, 2.45) is 0 Å². The first-order chi connectivity index (χ1) is 3.39. The van der Waals surface area contributed by atoms with Crippen LogP contribution in [0.25, 0.3) is 0 Å². The van der Waals surface area contributed by atoms with Crippen LogP contribution < -0.4 is 4.99 Å². The fourth-order valence-corrected chi connectivity index (χ4v) is 0.308. The molecule has 0 unspecified atom stereocenters. The fourth-order valence-electron chi connectivity index (χ4n) is 0.308. The Bertz CT molecular complexity index is 146. The second kappa shape index (κ2) is 1.55. The Morgan fingerprint density at radius 3 is 2.71 bits per heavy atom. The van der Waals surface area contributed by atoms with Crippen molar-refractivity contribution in [2.45, 2.75) is 0 Å². The monoisotopic (exact) mass is 96.0 g/mol. The first-order valence-corrected chi connectivity index (χ1v) is 1.88. The van der Waals surface area contributed by atoms with Gasteiger partial charge in [-0.3, -0.25) is 0 Å². The molecule has 0 aromatic rings. The smallest absolute Gasteiger partial charge is 0.306 e. The van der Waals surface area contributed by atoms with Gasteiger partial charge in [-0.25, -0.2) is 0 Å². The molecule has 0 saturated carbocycles. The molecule has 0 atom stereocenters. The summed E-state index contributed by atoms with van der Waals surface area (Å²) in [5.74, 6) is 0. The Labute approximate surface area is 40.9 Å². The molecule has 1 heterocycles. The van der Waals surface area contributed by atoms with Crippen molar-refractivity contribution in [3.8, 4) is 0 Å². The molecule has 0 aromatic heterocycles. The Hall–Kier alpha value is -1.12. The van der Waals surface area contributed by atoms with Crippen molar-refractivity contribution < 1.29 is 4.74 Å². The minimum atomic E-state index is 0.688. The Kier molecular flexibility index (Phi) is 0.898. The van der Waals surface area contributed by atoms with Gasteiger partial charge >= 0.3 is 12.4 Å². The summed E-state index contributed by atoms with van der Waals surface area (Å²) < 4.78 is 0.688. The Morgan fingerprint density at radius 2 is 2.43 bits per heavy atom. The molecule has 0 saturated heterocycles. The van der Waals surface area contributed by atoms with Crippen LogP contribution in [-0.2, 0) is 0 Å². The summed E-state index contributed by atoms with van der Waals surface area (Å²) in [6, 6.07) is 0. The van der Waals surface area contributed by atoms with E-state index in [-0.39, 0.29) is 0 Å². The second-order valence-corrected chi connectivity index (χ2v) is 1.11. The van der Waals surface area contributed by atoms with Gasteiger partial charge < -0.3 is 5.21 Å². The largest absolute Gasteiger partial charge is 0.618 e. The van der Waals surface area contributed by atoms with E-state index in [9.17, 15) is 5.21 Å².